The van der Waals surface area contributed by atoms with E-state index in [0.717, 1.165) is 9.96 Å². The van der Waals surface area contributed by atoms with E-state index < -0.39 is 39.5 Å². The smallest absolute Gasteiger partial charge is 0.452 e. The molecule has 1 spiro atoms. The van der Waals surface area contributed by atoms with Crippen molar-refractivity contribution in [2.45, 2.75) is 62.2 Å². The Bertz CT molecular complexity index is 1840. The molecule has 1 aromatic carbocycles. The number of carbonyl (C=O) groups is 1. The van der Waals surface area contributed by atoms with Gasteiger partial charge in [0, 0.05) is 24.9 Å². The second-order valence-electron chi connectivity index (χ2n) is 10.8. The maximum absolute atomic E-state index is 13.7. The molecule has 0 radical (unpaired) electrons. The molecule has 1 aliphatic carbocycles. The number of rotatable bonds is 6. The summed E-state index contributed by atoms with van der Waals surface area (Å²) in [6, 6.07) is 9.76. The minimum absolute atomic E-state index is 0.0122. The third kappa shape index (κ3) is 4.87. The summed E-state index contributed by atoms with van der Waals surface area (Å²) in [5.74, 6) is -2.95. The monoisotopic (exact) mass is 601 g/mol. The van der Waals surface area contributed by atoms with Gasteiger partial charge in [0.1, 0.15) is 10.5 Å². The van der Waals surface area contributed by atoms with Crippen LogP contribution in [-0.2, 0) is 27.5 Å². The summed E-state index contributed by atoms with van der Waals surface area (Å²) in [5, 5.41) is 16.8. The third-order valence-electron chi connectivity index (χ3n) is 7.94. The van der Waals surface area contributed by atoms with Gasteiger partial charge in [-0.1, -0.05) is 18.2 Å². The molecule has 1 atom stereocenters. The highest BCUT2D eigenvalue weighted by molar-refractivity contribution is 7.89. The van der Waals surface area contributed by atoms with Crippen molar-refractivity contribution in [2.75, 3.05) is 6.54 Å². The van der Waals surface area contributed by atoms with Gasteiger partial charge in [-0.3, -0.25) is 9.20 Å². The quantitative estimate of drug-likeness (QED) is 0.343. The van der Waals surface area contributed by atoms with Crippen LogP contribution in [0.25, 0.3) is 5.65 Å². The fraction of sp³-hybridized carbons (Fsp3) is 0.357. The minimum Gasteiger partial charge on any atom is -0.481 e. The lowest BCUT2D eigenvalue weighted by Gasteiger charge is -2.25. The van der Waals surface area contributed by atoms with E-state index in [0.29, 0.717) is 35.1 Å². The highest BCUT2D eigenvalue weighted by atomic mass is 32.2. The first-order valence-corrected chi connectivity index (χ1v) is 14.6. The lowest BCUT2D eigenvalue weighted by Crippen LogP contribution is -2.38. The van der Waals surface area contributed by atoms with Gasteiger partial charge in [0.15, 0.2) is 5.65 Å². The number of pyridine rings is 2. The number of carboxylic acid groups (broad SMARTS) is 1. The molecular weight excluding hydrogens is 575 g/mol. The van der Waals surface area contributed by atoms with Crippen LogP contribution in [0.5, 0.6) is 5.88 Å². The summed E-state index contributed by atoms with van der Waals surface area (Å²) >= 11 is 0. The Balaban J connectivity index is 1.40. The number of fused-ring (bicyclic) bond motifs is 2. The number of benzene rings is 1. The van der Waals surface area contributed by atoms with Gasteiger partial charge in [0.05, 0.1) is 13.0 Å². The number of sulfonamides is 1. The zero-order valence-electron chi connectivity index (χ0n) is 22.6. The number of aromatic nitrogens is 4. The fourth-order valence-corrected chi connectivity index (χ4v) is 7.05. The van der Waals surface area contributed by atoms with E-state index in [1.807, 2.05) is 6.92 Å². The van der Waals surface area contributed by atoms with Gasteiger partial charge in [0.2, 0.25) is 21.7 Å². The Labute approximate surface area is 238 Å². The Hall–Kier alpha value is -4.04. The van der Waals surface area contributed by atoms with Crippen LogP contribution in [0.15, 0.2) is 53.7 Å². The van der Waals surface area contributed by atoms with Gasteiger partial charge in [-0.15, -0.1) is 10.2 Å². The Kier molecular flexibility index (Phi) is 6.53. The molecule has 0 unspecified atom stereocenters. The average molecular weight is 602 g/mol. The molecule has 6 rings (SSSR count). The SMILES string of the molecule is Cc1ccc([C@@H](CC(=O)O)c2ccn3c(C(F)(F)F)nnc3c2C)cc1CN1CC2(CC2)Oc2ncccc2S1(=O)=O. The van der Waals surface area contributed by atoms with Crippen LogP contribution in [0, 0.1) is 13.8 Å². The molecule has 10 nitrogen and oxygen atoms in total. The van der Waals surface area contributed by atoms with Gasteiger partial charge in [-0.2, -0.15) is 17.5 Å². The van der Waals surface area contributed by atoms with Crippen LogP contribution < -0.4 is 4.74 Å². The number of aliphatic carboxylic acids is 1. The first-order valence-electron chi connectivity index (χ1n) is 13.2. The lowest BCUT2D eigenvalue weighted by atomic mass is 9.85. The van der Waals surface area contributed by atoms with E-state index in [1.165, 1.54) is 34.9 Å². The van der Waals surface area contributed by atoms with E-state index in [1.54, 1.807) is 25.1 Å². The molecule has 220 valence electrons. The molecular formula is C28H26F3N5O5S. The molecule has 4 heterocycles. The van der Waals surface area contributed by atoms with Gasteiger partial charge < -0.3 is 9.84 Å². The molecule has 1 N–H and O–H groups in total. The number of carboxylic acids is 1. The van der Waals surface area contributed by atoms with E-state index >= 15 is 0 Å². The second-order valence-corrected chi connectivity index (χ2v) is 12.7. The predicted octanol–water partition coefficient (Wildman–Crippen LogP) is 4.48. The van der Waals surface area contributed by atoms with Crippen molar-refractivity contribution >= 4 is 21.6 Å². The zero-order chi connectivity index (χ0) is 30.0. The van der Waals surface area contributed by atoms with Crippen LogP contribution >= 0.6 is 0 Å². The molecule has 14 heteroatoms. The van der Waals surface area contributed by atoms with Crippen molar-refractivity contribution < 1.29 is 36.2 Å². The van der Waals surface area contributed by atoms with Gasteiger partial charge in [-0.25, -0.2) is 13.4 Å². The molecule has 0 amide bonds. The standard InChI is InChI=1S/C28H26F3N5O5S/c1-16-5-6-18(21(13-23(37)38)20-7-11-36-24(17(20)2)33-34-26(36)28(29,30)31)12-19(16)14-35-15-27(8-9-27)41-25-22(42(35,39)40)4-3-10-32-25/h3-7,10-12,21H,8-9,13-15H2,1-2H3,(H,37,38)/t21-/m1/s1. The first kappa shape index (κ1) is 28.1. The van der Waals surface area contributed by atoms with Crippen molar-refractivity contribution in [3.8, 4) is 5.88 Å². The van der Waals surface area contributed by atoms with Crippen molar-refractivity contribution in [1.82, 2.24) is 23.9 Å². The first-order chi connectivity index (χ1) is 19.8. The summed E-state index contributed by atoms with van der Waals surface area (Å²) in [6.45, 7) is 3.56. The Morgan fingerprint density at radius 2 is 1.93 bits per heavy atom. The van der Waals surface area contributed by atoms with Crippen molar-refractivity contribution in [3.63, 3.8) is 0 Å². The van der Waals surface area contributed by atoms with Crippen LogP contribution in [0.4, 0.5) is 13.2 Å². The predicted molar refractivity (Wildman–Crippen MR) is 142 cm³/mol. The molecule has 3 aromatic heterocycles. The fourth-order valence-electron chi connectivity index (χ4n) is 5.49. The topological polar surface area (TPSA) is 127 Å². The number of ether oxygens (including phenoxy) is 1. The summed E-state index contributed by atoms with van der Waals surface area (Å²) in [6.07, 6.45) is -1.01. The van der Waals surface area contributed by atoms with E-state index in [9.17, 15) is 31.5 Å². The highest BCUT2D eigenvalue weighted by Gasteiger charge is 2.52. The Morgan fingerprint density at radius 1 is 1.17 bits per heavy atom. The van der Waals surface area contributed by atoms with E-state index in [2.05, 4.69) is 15.2 Å². The van der Waals surface area contributed by atoms with Crippen LogP contribution in [0.2, 0.25) is 0 Å². The molecule has 42 heavy (non-hydrogen) atoms. The number of alkyl halides is 3. The zero-order valence-corrected chi connectivity index (χ0v) is 23.4. The molecule has 2 aliphatic rings. The molecule has 1 fully saturated rings. The Morgan fingerprint density at radius 3 is 2.62 bits per heavy atom. The molecule has 4 aromatic rings. The van der Waals surface area contributed by atoms with Gasteiger partial charge in [0.25, 0.3) is 0 Å². The largest absolute Gasteiger partial charge is 0.481 e. The van der Waals surface area contributed by atoms with Gasteiger partial charge in [-0.05, 0) is 72.7 Å². The maximum Gasteiger partial charge on any atom is 0.452 e. The van der Waals surface area contributed by atoms with Crippen LogP contribution in [0.3, 0.4) is 0 Å². The van der Waals surface area contributed by atoms with Crippen molar-refractivity contribution in [1.29, 1.82) is 0 Å². The number of halogens is 3. The van der Waals surface area contributed by atoms with Gasteiger partial charge >= 0.3 is 12.1 Å². The van der Waals surface area contributed by atoms with E-state index in [4.69, 9.17) is 4.74 Å². The minimum atomic E-state index is -4.71. The summed E-state index contributed by atoms with van der Waals surface area (Å²) in [4.78, 5) is 16.1. The number of nitrogens with zero attached hydrogens (tertiary/aromatic N) is 5. The summed E-state index contributed by atoms with van der Waals surface area (Å²) < 4.78 is 75.9. The highest BCUT2D eigenvalue weighted by Crippen LogP contribution is 2.46. The number of hydrogen-bond acceptors (Lipinski definition) is 7. The normalized spacial score (nSPS) is 18.3. The van der Waals surface area contributed by atoms with Crippen molar-refractivity contribution in [2.24, 2.45) is 0 Å². The van der Waals surface area contributed by atoms with Crippen LogP contribution in [-0.4, -0.2) is 55.5 Å². The third-order valence-corrected chi connectivity index (χ3v) is 9.74. The number of aryl methyl sites for hydroxylation is 2. The van der Waals surface area contributed by atoms with E-state index in [-0.39, 0.29) is 35.9 Å². The van der Waals surface area contributed by atoms with Crippen molar-refractivity contribution in [3.05, 3.63) is 82.4 Å². The average Bonchev–Trinajstić information content (AvgIpc) is 3.53. The molecule has 1 saturated carbocycles. The second kappa shape index (κ2) is 9.76. The molecule has 0 bridgehead atoms. The summed E-state index contributed by atoms with van der Waals surface area (Å²) in [7, 11) is -3.97. The maximum atomic E-state index is 13.7. The number of hydrogen-bond donors (Lipinski definition) is 1. The summed E-state index contributed by atoms with van der Waals surface area (Å²) in [5.41, 5.74) is 2.20. The molecule has 0 saturated heterocycles. The van der Waals surface area contributed by atoms with Crippen LogP contribution in [0.1, 0.15) is 58.8 Å². The molecule has 1 aliphatic heterocycles. The lowest BCUT2D eigenvalue weighted by molar-refractivity contribution is -0.145.